The Bertz CT molecular complexity index is 1560. The van der Waals surface area contributed by atoms with Gasteiger partial charge in [0.05, 0.1) is 27.4 Å². The van der Waals surface area contributed by atoms with Crippen LogP contribution < -0.4 is 24.4 Å². The Balaban J connectivity index is 1.62. The van der Waals surface area contributed by atoms with Crippen molar-refractivity contribution in [3.8, 4) is 40.1 Å². The van der Waals surface area contributed by atoms with Gasteiger partial charge in [0.25, 0.3) is 0 Å². The van der Waals surface area contributed by atoms with Crippen molar-refractivity contribution in [1.29, 1.82) is 0 Å². The molecule has 0 radical (unpaired) electrons. The van der Waals surface area contributed by atoms with Gasteiger partial charge in [0, 0.05) is 23.8 Å². The minimum atomic E-state index is -1.86. The molecule has 0 saturated carbocycles. The van der Waals surface area contributed by atoms with E-state index >= 15 is 0 Å². The molecule has 0 unspecified atom stereocenters. The van der Waals surface area contributed by atoms with Crippen molar-refractivity contribution in [2.24, 2.45) is 0 Å². The lowest BCUT2D eigenvalue weighted by Gasteiger charge is -2.40. The highest BCUT2D eigenvalue weighted by Crippen LogP contribution is 2.41. The first-order valence-electron chi connectivity index (χ1n) is 13.9. The average molecular weight is 655 g/mol. The zero-order valence-corrected chi connectivity index (χ0v) is 24.4. The topological polar surface area (TPSA) is 268 Å². The highest BCUT2D eigenvalue weighted by molar-refractivity contribution is 5.86. The van der Waals surface area contributed by atoms with E-state index in [1.807, 2.05) is 0 Å². The number of benzene rings is 2. The van der Waals surface area contributed by atoms with E-state index < -0.39 is 80.1 Å². The minimum Gasteiger partial charge on any atom is -0.502 e. The molecule has 17 heteroatoms. The van der Waals surface area contributed by atoms with E-state index in [-0.39, 0.29) is 51.0 Å². The smallest absolute Gasteiger partial charge is 0.229 e. The minimum absolute atomic E-state index is 0.00318. The Morgan fingerprint density at radius 3 is 1.70 bits per heavy atom. The Kier molecular flexibility index (Phi) is 9.89. The van der Waals surface area contributed by atoms with Gasteiger partial charge in [0.2, 0.25) is 18.3 Å². The third-order valence-corrected chi connectivity index (χ3v) is 7.72. The maximum Gasteiger partial charge on any atom is 0.229 e. The second-order valence-electron chi connectivity index (χ2n) is 10.6. The van der Waals surface area contributed by atoms with Crippen LogP contribution in [-0.2, 0) is 9.47 Å². The molecule has 1 aromatic heterocycles. The number of methoxy groups -OCH3 is 2. The van der Waals surface area contributed by atoms with Crippen molar-refractivity contribution in [3.05, 3.63) is 40.6 Å². The molecule has 0 aliphatic carbocycles. The molecule has 2 aliphatic rings. The number of phenolic OH excluding ortho intramolecular Hbond substituents is 1. The Labute approximate surface area is 259 Å². The third kappa shape index (κ3) is 6.17. The highest BCUT2D eigenvalue weighted by atomic mass is 16.7. The molecule has 3 aromatic rings. The fourth-order valence-corrected chi connectivity index (χ4v) is 5.16. The Morgan fingerprint density at radius 1 is 0.674 bits per heavy atom. The summed E-state index contributed by atoms with van der Waals surface area (Å²) >= 11 is 0. The van der Waals surface area contributed by atoms with Crippen LogP contribution in [0.1, 0.15) is 0 Å². The molecule has 2 aliphatic heterocycles. The number of fused-ring (bicyclic) bond motifs is 1. The molecule has 0 spiro atoms. The first-order chi connectivity index (χ1) is 21.9. The highest BCUT2D eigenvalue weighted by Gasteiger charge is 2.46. The second kappa shape index (κ2) is 13.5. The molecule has 17 nitrogen and oxygen atoms in total. The van der Waals surface area contributed by atoms with E-state index in [1.165, 1.54) is 32.4 Å². The molecule has 2 saturated heterocycles. The number of hydrogen-bond acceptors (Lipinski definition) is 17. The lowest BCUT2D eigenvalue weighted by molar-refractivity contribution is -0.278. The molecule has 46 heavy (non-hydrogen) atoms. The van der Waals surface area contributed by atoms with Crippen LogP contribution in [0.15, 0.2) is 39.5 Å². The van der Waals surface area contributed by atoms with Crippen molar-refractivity contribution in [1.82, 2.24) is 0 Å². The normalized spacial score (nSPS) is 31.4. The molecule has 9 N–H and O–H groups in total. The van der Waals surface area contributed by atoms with E-state index in [2.05, 4.69) is 0 Å². The molecule has 0 amide bonds. The number of phenols is 1. The predicted octanol–water partition coefficient (Wildman–Crippen LogP) is -2.46. The van der Waals surface area contributed by atoms with Gasteiger partial charge in [-0.1, -0.05) is 0 Å². The van der Waals surface area contributed by atoms with Crippen LogP contribution in [0, 0.1) is 0 Å². The lowest BCUT2D eigenvalue weighted by atomic mass is 9.99. The molecule has 3 heterocycles. The van der Waals surface area contributed by atoms with E-state index in [4.69, 9.17) is 32.8 Å². The van der Waals surface area contributed by atoms with Crippen LogP contribution >= 0.6 is 0 Å². The van der Waals surface area contributed by atoms with Crippen molar-refractivity contribution in [3.63, 3.8) is 0 Å². The standard InChI is InChI=1S/C29H34O17/c1-40-16-3-10(4-17(41-2)21(16)33)13-7-12(32)20-14(43-13)5-11(42-28-26(38)24(36)22(34)18(8-30)45-28)6-15(20)44-29-27(39)25(37)23(35)19(9-31)46-29/h3-7,18-19,22-31,33-39H,8-9H2,1-2H3/t18-,19-,22+,23+,24-,25-,26+,27-,28+,29+/m0/s1. The SMILES string of the molecule is COc1cc(-c2cc(=O)c3c(O[C@@H]4O[C@@H](CO)[C@@H](O)[C@H](O)[C@@H]4O)cc(O[C@@H]4O[C@@H](CO)[C@@H](O)[C@H](O)[C@H]4O)cc3o2)cc(OC)c1O. The molecule has 0 bridgehead atoms. The third-order valence-electron chi connectivity index (χ3n) is 7.72. The van der Waals surface area contributed by atoms with Gasteiger partial charge >= 0.3 is 0 Å². The van der Waals surface area contributed by atoms with Crippen LogP contribution in [0.25, 0.3) is 22.3 Å². The van der Waals surface area contributed by atoms with Crippen molar-refractivity contribution >= 4 is 11.0 Å². The average Bonchev–Trinajstić information content (AvgIpc) is 3.04. The second-order valence-corrected chi connectivity index (χ2v) is 10.6. The van der Waals surface area contributed by atoms with Gasteiger partial charge in [0.15, 0.2) is 16.9 Å². The van der Waals surface area contributed by atoms with Gasteiger partial charge in [-0.3, -0.25) is 4.79 Å². The summed E-state index contributed by atoms with van der Waals surface area (Å²) in [6.45, 7) is -1.48. The summed E-state index contributed by atoms with van der Waals surface area (Å²) < 4.78 is 38.8. The van der Waals surface area contributed by atoms with Crippen LogP contribution in [0.2, 0.25) is 0 Å². The summed E-state index contributed by atoms with van der Waals surface area (Å²) in [6, 6.07) is 6.17. The molecule has 2 fully saturated rings. The van der Waals surface area contributed by atoms with Gasteiger partial charge in [-0.15, -0.1) is 0 Å². The number of hydrogen-bond donors (Lipinski definition) is 9. The zero-order chi connectivity index (χ0) is 33.4. The fourth-order valence-electron chi connectivity index (χ4n) is 5.16. The monoisotopic (exact) mass is 654 g/mol. The Hall–Kier alpha value is -3.75. The van der Waals surface area contributed by atoms with Gasteiger partial charge in [-0.2, -0.15) is 0 Å². The number of aromatic hydroxyl groups is 1. The van der Waals surface area contributed by atoms with Crippen LogP contribution in [-0.4, -0.2) is 135 Å². The fraction of sp³-hybridized carbons (Fsp3) is 0.483. The lowest BCUT2D eigenvalue weighted by Crippen LogP contribution is -2.60. The van der Waals surface area contributed by atoms with Crippen molar-refractivity contribution in [2.75, 3.05) is 27.4 Å². The Morgan fingerprint density at radius 2 is 1.20 bits per heavy atom. The summed E-state index contributed by atoms with van der Waals surface area (Å²) in [7, 11) is 2.61. The number of aliphatic hydroxyl groups excluding tert-OH is 8. The van der Waals surface area contributed by atoms with Crippen molar-refractivity contribution in [2.45, 2.75) is 61.4 Å². The number of aliphatic hydroxyl groups is 8. The van der Waals surface area contributed by atoms with Gasteiger partial charge in [0.1, 0.15) is 77.1 Å². The zero-order valence-electron chi connectivity index (χ0n) is 24.4. The van der Waals surface area contributed by atoms with Gasteiger partial charge in [-0.05, 0) is 12.1 Å². The molecule has 2 aromatic carbocycles. The quantitative estimate of drug-likeness (QED) is 0.116. The van der Waals surface area contributed by atoms with Crippen LogP contribution in [0.5, 0.6) is 28.7 Å². The van der Waals surface area contributed by atoms with Gasteiger partial charge < -0.3 is 78.8 Å². The first kappa shape index (κ1) is 33.6. The molecular formula is C29H34O17. The van der Waals surface area contributed by atoms with E-state index in [0.29, 0.717) is 0 Å². The number of ether oxygens (including phenoxy) is 6. The van der Waals surface area contributed by atoms with Crippen molar-refractivity contribution < 1.29 is 78.8 Å². The maximum atomic E-state index is 13.6. The first-order valence-corrected chi connectivity index (χ1v) is 13.9. The summed E-state index contributed by atoms with van der Waals surface area (Å²) in [4.78, 5) is 13.6. The van der Waals surface area contributed by atoms with Crippen LogP contribution in [0.4, 0.5) is 0 Å². The number of rotatable bonds is 9. The molecule has 5 rings (SSSR count). The summed E-state index contributed by atoms with van der Waals surface area (Å²) in [5, 5.41) is 91.1. The summed E-state index contributed by atoms with van der Waals surface area (Å²) in [6.07, 6.45) is -16.6. The summed E-state index contributed by atoms with van der Waals surface area (Å²) in [5.74, 6) is -0.896. The van der Waals surface area contributed by atoms with E-state index in [1.54, 1.807) is 0 Å². The summed E-state index contributed by atoms with van der Waals surface area (Å²) in [5.41, 5.74) is -0.654. The predicted molar refractivity (Wildman–Crippen MR) is 151 cm³/mol. The van der Waals surface area contributed by atoms with E-state index in [9.17, 15) is 50.8 Å². The largest absolute Gasteiger partial charge is 0.502 e. The van der Waals surface area contributed by atoms with E-state index in [0.717, 1.165) is 12.1 Å². The molecule has 10 atom stereocenters. The molecular weight excluding hydrogens is 620 g/mol. The molecule has 252 valence electrons. The van der Waals surface area contributed by atoms with Gasteiger partial charge in [-0.25, -0.2) is 0 Å². The maximum absolute atomic E-state index is 13.6. The van der Waals surface area contributed by atoms with Crippen LogP contribution in [0.3, 0.4) is 0 Å².